The number of benzene rings is 2. The van der Waals surface area contributed by atoms with Crippen LogP contribution < -0.4 is 20.7 Å². The molecule has 0 radical (unpaired) electrons. The van der Waals surface area contributed by atoms with Crippen molar-refractivity contribution in [2.45, 2.75) is 24.6 Å². The first-order chi connectivity index (χ1) is 16.3. The molecule has 0 bridgehead atoms. The van der Waals surface area contributed by atoms with Crippen molar-refractivity contribution in [3.8, 4) is 5.75 Å². The molecule has 34 heavy (non-hydrogen) atoms. The van der Waals surface area contributed by atoms with Crippen LogP contribution in [0.4, 0.5) is 10.5 Å². The lowest BCUT2D eigenvalue weighted by Gasteiger charge is -2.50. The minimum atomic E-state index is -0.573. The zero-order valence-corrected chi connectivity index (χ0v) is 20.4. The number of methoxy groups -OCH3 is 1. The van der Waals surface area contributed by atoms with E-state index in [1.165, 1.54) is 23.7 Å². The van der Waals surface area contributed by atoms with Gasteiger partial charge in [-0.15, -0.1) is 11.8 Å². The van der Waals surface area contributed by atoms with Gasteiger partial charge >= 0.3 is 6.03 Å². The van der Waals surface area contributed by atoms with Crippen LogP contribution in [-0.2, 0) is 9.59 Å². The van der Waals surface area contributed by atoms with Gasteiger partial charge in [0.05, 0.1) is 36.5 Å². The van der Waals surface area contributed by atoms with Crippen LogP contribution in [0, 0.1) is 12.8 Å². The first-order valence-electron chi connectivity index (χ1n) is 11.0. The van der Waals surface area contributed by atoms with Crippen molar-refractivity contribution in [1.29, 1.82) is 0 Å². The number of anilines is 1. The molecular formula is C24H29N5O4S. The number of carbonyl (C=O) groups is 3. The van der Waals surface area contributed by atoms with E-state index in [0.717, 1.165) is 21.7 Å². The maximum Gasteiger partial charge on any atom is 0.327 e. The van der Waals surface area contributed by atoms with Crippen LogP contribution in [0.3, 0.4) is 0 Å². The first-order valence-corrected chi connectivity index (χ1v) is 12.0. The molecule has 4 amide bonds. The number of ether oxygens (including phenoxy) is 1. The highest BCUT2D eigenvalue weighted by atomic mass is 32.2. The summed E-state index contributed by atoms with van der Waals surface area (Å²) in [7, 11) is 4.75. The number of carbonyl (C=O) groups excluding carboxylic acids is 3. The molecule has 3 N–H and O–H groups in total. The van der Waals surface area contributed by atoms with Gasteiger partial charge < -0.3 is 15.0 Å². The summed E-state index contributed by atoms with van der Waals surface area (Å²) in [5.41, 5.74) is 2.68. The lowest BCUT2D eigenvalue weighted by atomic mass is 9.95. The standard InChI is InChI=1S/C24H29N5O4S/c1-14-9-11-15(12-10-14)25-18(30)13-34-22-19-21(28(2)24(32)29(3)23(19)31)26-20(27-22)16-7-5-6-8-17(16)33-4/h5-12,19-22,26-27H,13H2,1-4H3,(H,25,30). The third kappa shape index (κ3) is 4.75. The summed E-state index contributed by atoms with van der Waals surface area (Å²) >= 11 is 1.35. The number of hydrogen-bond acceptors (Lipinski definition) is 7. The molecule has 2 fully saturated rings. The number of nitrogens with one attached hydrogen (secondary N) is 3. The van der Waals surface area contributed by atoms with E-state index in [9.17, 15) is 14.4 Å². The number of imide groups is 1. The molecule has 180 valence electrons. The number of para-hydroxylation sites is 1. The Hall–Kier alpha value is -3.08. The third-order valence-corrected chi connectivity index (χ3v) is 7.35. The monoisotopic (exact) mass is 483 g/mol. The van der Waals surface area contributed by atoms with Crippen molar-refractivity contribution < 1.29 is 19.1 Å². The molecule has 4 atom stereocenters. The average molecular weight is 484 g/mol. The van der Waals surface area contributed by atoms with E-state index < -0.39 is 17.5 Å². The molecule has 9 nitrogen and oxygen atoms in total. The van der Waals surface area contributed by atoms with E-state index >= 15 is 0 Å². The molecule has 2 aliphatic rings. The largest absolute Gasteiger partial charge is 0.496 e. The molecule has 2 heterocycles. The predicted molar refractivity (Wildman–Crippen MR) is 131 cm³/mol. The topological polar surface area (TPSA) is 103 Å². The summed E-state index contributed by atoms with van der Waals surface area (Å²) in [5, 5.41) is 9.33. The highest BCUT2D eigenvalue weighted by Crippen LogP contribution is 2.36. The Morgan fingerprint density at radius 3 is 2.50 bits per heavy atom. The summed E-state index contributed by atoms with van der Waals surface area (Å²) < 4.78 is 5.52. The number of fused-ring (bicyclic) bond motifs is 1. The van der Waals surface area contributed by atoms with Crippen LogP contribution in [0.2, 0.25) is 0 Å². The summed E-state index contributed by atoms with van der Waals surface area (Å²) in [4.78, 5) is 41.1. The van der Waals surface area contributed by atoms with Crippen molar-refractivity contribution in [2.75, 3.05) is 32.3 Å². The second-order valence-corrected chi connectivity index (χ2v) is 9.55. The van der Waals surface area contributed by atoms with Gasteiger partial charge in [0.1, 0.15) is 5.75 Å². The lowest BCUT2D eigenvalue weighted by molar-refractivity contribution is -0.140. The molecule has 0 aliphatic carbocycles. The number of amides is 4. The number of hydrogen-bond donors (Lipinski definition) is 3. The van der Waals surface area contributed by atoms with Crippen molar-refractivity contribution >= 4 is 35.3 Å². The Kier molecular flexibility index (Phi) is 7.11. The van der Waals surface area contributed by atoms with Crippen molar-refractivity contribution in [1.82, 2.24) is 20.4 Å². The van der Waals surface area contributed by atoms with E-state index in [1.807, 2.05) is 55.5 Å². The zero-order valence-electron chi connectivity index (χ0n) is 19.6. The fourth-order valence-corrected chi connectivity index (χ4v) is 5.39. The zero-order chi connectivity index (χ0) is 24.4. The van der Waals surface area contributed by atoms with Crippen LogP contribution in [0.1, 0.15) is 17.3 Å². The second-order valence-electron chi connectivity index (χ2n) is 8.42. The maximum absolute atomic E-state index is 13.1. The first kappa shape index (κ1) is 24.1. The van der Waals surface area contributed by atoms with Crippen molar-refractivity contribution in [3.63, 3.8) is 0 Å². The van der Waals surface area contributed by atoms with Crippen LogP contribution in [0.5, 0.6) is 5.75 Å². The van der Waals surface area contributed by atoms with E-state index in [1.54, 1.807) is 14.2 Å². The van der Waals surface area contributed by atoms with E-state index in [2.05, 4.69) is 16.0 Å². The van der Waals surface area contributed by atoms with E-state index in [0.29, 0.717) is 5.75 Å². The SMILES string of the molecule is COc1ccccc1C1NC(SCC(=O)Nc2ccc(C)cc2)C2C(=O)N(C)C(=O)N(C)C2N1. The Bertz CT molecular complexity index is 1080. The Balaban J connectivity index is 1.55. The predicted octanol–water partition coefficient (Wildman–Crippen LogP) is 2.36. The van der Waals surface area contributed by atoms with Crippen LogP contribution >= 0.6 is 11.8 Å². The molecule has 0 aromatic heterocycles. The number of thioether (sulfide) groups is 1. The molecular weight excluding hydrogens is 454 g/mol. The van der Waals surface area contributed by atoms with Crippen molar-refractivity contribution in [3.05, 3.63) is 59.7 Å². The van der Waals surface area contributed by atoms with Crippen LogP contribution in [0.25, 0.3) is 0 Å². The van der Waals surface area contributed by atoms with Crippen molar-refractivity contribution in [2.24, 2.45) is 5.92 Å². The molecule has 2 aromatic rings. The molecule has 10 heteroatoms. The van der Waals surface area contributed by atoms with Gasteiger partial charge in [0, 0.05) is 25.3 Å². The molecule has 4 rings (SSSR count). The molecule has 2 aliphatic heterocycles. The summed E-state index contributed by atoms with van der Waals surface area (Å²) in [6.07, 6.45) is -0.925. The third-order valence-electron chi connectivity index (χ3n) is 6.14. The fourth-order valence-electron chi connectivity index (χ4n) is 4.28. The fraction of sp³-hybridized carbons (Fsp3) is 0.375. The van der Waals surface area contributed by atoms with Gasteiger partial charge in [-0.1, -0.05) is 35.9 Å². The van der Waals surface area contributed by atoms with Gasteiger partial charge in [0.15, 0.2) is 0 Å². The van der Waals surface area contributed by atoms with Gasteiger partial charge in [-0.3, -0.25) is 25.1 Å². The molecule has 2 saturated heterocycles. The van der Waals surface area contributed by atoms with Gasteiger partial charge in [0.2, 0.25) is 11.8 Å². The minimum Gasteiger partial charge on any atom is -0.496 e. The van der Waals surface area contributed by atoms with Gasteiger partial charge in [-0.2, -0.15) is 0 Å². The van der Waals surface area contributed by atoms with Crippen LogP contribution in [-0.4, -0.2) is 66.1 Å². The molecule has 0 saturated carbocycles. The molecule has 2 aromatic carbocycles. The number of aryl methyl sites for hydroxylation is 1. The Morgan fingerprint density at radius 1 is 1.09 bits per heavy atom. The van der Waals surface area contributed by atoms with Crippen LogP contribution in [0.15, 0.2) is 48.5 Å². The van der Waals surface area contributed by atoms with Gasteiger partial charge in [-0.25, -0.2) is 4.79 Å². The number of urea groups is 1. The maximum atomic E-state index is 13.1. The summed E-state index contributed by atoms with van der Waals surface area (Å²) in [6, 6.07) is 14.8. The quantitative estimate of drug-likeness (QED) is 0.580. The molecule has 4 unspecified atom stereocenters. The van der Waals surface area contributed by atoms with E-state index in [-0.39, 0.29) is 29.8 Å². The number of rotatable bonds is 6. The minimum absolute atomic E-state index is 0.141. The Labute approximate surface area is 203 Å². The van der Waals surface area contributed by atoms with Gasteiger partial charge in [-0.05, 0) is 25.1 Å². The highest BCUT2D eigenvalue weighted by Gasteiger charge is 2.51. The summed E-state index contributed by atoms with van der Waals surface area (Å²) in [6.45, 7) is 1.98. The normalized spacial score (nSPS) is 24.6. The second kappa shape index (κ2) is 10.0. The summed E-state index contributed by atoms with van der Waals surface area (Å²) in [5.74, 6) is -0.207. The van der Waals surface area contributed by atoms with Gasteiger partial charge in [0.25, 0.3) is 0 Å². The number of nitrogens with zero attached hydrogens (tertiary/aromatic N) is 2. The highest BCUT2D eigenvalue weighted by molar-refractivity contribution is 8.00. The molecule has 0 spiro atoms. The average Bonchev–Trinajstić information content (AvgIpc) is 2.85. The lowest BCUT2D eigenvalue weighted by Crippen LogP contribution is -2.72. The smallest absolute Gasteiger partial charge is 0.327 e. The van der Waals surface area contributed by atoms with E-state index in [4.69, 9.17) is 4.74 Å². The Morgan fingerprint density at radius 2 is 1.79 bits per heavy atom.